The first-order chi connectivity index (χ1) is 10.5. The van der Waals surface area contributed by atoms with E-state index in [1.165, 1.54) is 0 Å². The zero-order valence-electron chi connectivity index (χ0n) is 13.6. The Hall–Kier alpha value is -2.40. The van der Waals surface area contributed by atoms with Gasteiger partial charge in [0, 0.05) is 11.1 Å². The van der Waals surface area contributed by atoms with E-state index in [9.17, 15) is 0 Å². The highest BCUT2D eigenvalue weighted by atomic mass is 16.5. The van der Waals surface area contributed by atoms with Crippen molar-refractivity contribution in [2.45, 2.75) is 39.9 Å². The summed E-state index contributed by atoms with van der Waals surface area (Å²) in [7, 11) is 0. The average molecular weight is 294 g/mol. The smallest absolute Gasteiger partial charge is 0.119 e. The zero-order chi connectivity index (χ0) is 15.9. The lowest BCUT2D eigenvalue weighted by Crippen LogP contribution is -2.05. The van der Waals surface area contributed by atoms with Crippen molar-refractivity contribution in [3.8, 4) is 23.3 Å². The van der Waals surface area contributed by atoms with E-state index in [0.29, 0.717) is 0 Å². The normalized spacial score (nSPS) is 10.3. The number of hydrogen-bond donors (Lipinski definition) is 0. The molecule has 0 saturated carbocycles. The summed E-state index contributed by atoms with van der Waals surface area (Å²) in [5.41, 5.74) is 1.94. The fourth-order valence-corrected chi connectivity index (χ4v) is 1.92. The molecule has 0 aliphatic carbocycles. The molecule has 2 aromatic carbocycles. The molecular formula is C20H22O2. The van der Waals surface area contributed by atoms with Crippen LogP contribution in [0.5, 0.6) is 11.5 Å². The van der Waals surface area contributed by atoms with Crippen LogP contribution in [-0.2, 0) is 0 Å². The van der Waals surface area contributed by atoms with E-state index in [1.807, 2.05) is 76.2 Å². The summed E-state index contributed by atoms with van der Waals surface area (Å²) in [6.07, 6.45) is 0.368. The molecule has 0 aliphatic rings. The van der Waals surface area contributed by atoms with Crippen molar-refractivity contribution in [3.05, 3.63) is 59.7 Å². The van der Waals surface area contributed by atoms with E-state index < -0.39 is 0 Å². The molecule has 2 aromatic rings. The maximum absolute atomic E-state index is 5.61. The van der Waals surface area contributed by atoms with Crippen LogP contribution in [0.25, 0.3) is 0 Å². The van der Waals surface area contributed by atoms with Crippen molar-refractivity contribution in [2.75, 3.05) is 0 Å². The van der Waals surface area contributed by atoms with Gasteiger partial charge < -0.3 is 9.47 Å². The monoisotopic (exact) mass is 294 g/mol. The predicted octanol–water partition coefficient (Wildman–Crippen LogP) is 4.66. The molecule has 2 heteroatoms. The molecule has 0 amide bonds. The van der Waals surface area contributed by atoms with Gasteiger partial charge in [-0.2, -0.15) is 0 Å². The lowest BCUT2D eigenvalue weighted by atomic mass is 10.1. The van der Waals surface area contributed by atoms with E-state index in [-0.39, 0.29) is 12.2 Å². The Morgan fingerprint density at radius 2 is 0.909 bits per heavy atom. The van der Waals surface area contributed by atoms with Crippen LogP contribution >= 0.6 is 0 Å². The molecule has 0 saturated heterocycles. The maximum atomic E-state index is 5.61. The minimum atomic E-state index is 0.184. The fraction of sp³-hybridized carbons (Fsp3) is 0.300. The van der Waals surface area contributed by atoms with Gasteiger partial charge in [-0.05, 0) is 76.2 Å². The molecule has 0 radical (unpaired) electrons. The molecule has 0 N–H and O–H groups in total. The highest BCUT2D eigenvalue weighted by molar-refractivity contribution is 5.45. The SMILES string of the molecule is CC(C)Oc1ccc(C#Cc2ccc(OC(C)C)cc2)cc1. The third kappa shape index (κ3) is 5.18. The van der Waals surface area contributed by atoms with Crippen molar-refractivity contribution in [3.63, 3.8) is 0 Å². The molecule has 0 bridgehead atoms. The second kappa shape index (κ2) is 7.56. The molecule has 0 heterocycles. The van der Waals surface area contributed by atoms with Gasteiger partial charge in [0.05, 0.1) is 12.2 Å². The van der Waals surface area contributed by atoms with Gasteiger partial charge >= 0.3 is 0 Å². The molecule has 0 aliphatic heterocycles. The highest BCUT2D eigenvalue weighted by Gasteiger charge is 1.98. The van der Waals surface area contributed by atoms with Gasteiger partial charge in [-0.15, -0.1) is 0 Å². The Kier molecular flexibility index (Phi) is 5.49. The maximum Gasteiger partial charge on any atom is 0.119 e. The Labute approximate surface area is 133 Å². The molecule has 0 unspecified atom stereocenters. The van der Waals surface area contributed by atoms with Crippen LogP contribution in [0.1, 0.15) is 38.8 Å². The molecule has 0 spiro atoms. The summed E-state index contributed by atoms with van der Waals surface area (Å²) < 4.78 is 11.2. The second-order valence-electron chi connectivity index (χ2n) is 5.63. The van der Waals surface area contributed by atoms with E-state index >= 15 is 0 Å². The van der Waals surface area contributed by atoms with Gasteiger partial charge in [0.2, 0.25) is 0 Å². The average Bonchev–Trinajstić information content (AvgIpc) is 2.47. The van der Waals surface area contributed by atoms with Gasteiger partial charge in [0.15, 0.2) is 0 Å². The zero-order valence-corrected chi connectivity index (χ0v) is 13.6. The van der Waals surface area contributed by atoms with Gasteiger partial charge in [0.1, 0.15) is 11.5 Å². The van der Waals surface area contributed by atoms with Crippen LogP contribution in [0.4, 0.5) is 0 Å². The Bertz CT molecular complexity index is 583. The van der Waals surface area contributed by atoms with Crippen molar-refractivity contribution in [1.29, 1.82) is 0 Å². The summed E-state index contributed by atoms with van der Waals surface area (Å²) in [5.74, 6) is 8.05. The first-order valence-electron chi connectivity index (χ1n) is 7.58. The topological polar surface area (TPSA) is 18.5 Å². The number of rotatable bonds is 4. The van der Waals surface area contributed by atoms with Crippen molar-refractivity contribution >= 4 is 0 Å². The third-order valence-corrected chi connectivity index (χ3v) is 2.80. The minimum Gasteiger partial charge on any atom is -0.491 e. The third-order valence-electron chi connectivity index (χ3n) is 2.80. The summed E-state index contributed by atoms with van der Waals surface area (Å²) in [5, 5.41) is 0. The first kappa shape index (κ1) is 16.0. The lowest BCUT2D eigenvalue weighted by Gasteiger charge is -2.09. The predicted molar refractivity (Wildman–Crippen MR) is 90.4 cm³/mol. The summed E-state index contributed by atoms with van der Waals surface area (Å²) in [6, 6.07) is 15.7. The fourth-order valence-electron chi connectivity index (χ4n) is 1.92. The van der Waals surface area contributed by atoms with E-state index in [4.69, 9.17) is 9.47 Å². The minimum absolute atomic E-state index is 0.184. The van der Waals surface area contributed by atoms with Gasteiger partial charge in [-0.25, -0.2) is 0 Å². The lowest BCUT2D eigenvalue weighted by molar-refractivity contribution is 0.242. The number of ether oxygens (including phenoxy) is 2. The molecule has 2 rings (SSSR count). The van der Waals surface area contributed by atoms with Gasteiger partial charge in [-0.3, -0.25) is 0 Å². The van der Waals surface area contributed by atoms with Crippen molar-refractivity contribution in [1.82, 2.24) is 0 Å². The molecular weight excluding hydrogens is 272 g/mol. The van der Waals surface area contributed by atoms with Crippen LogP contribution in [-0.4, -0.2) is 12.2 Å². The molecule has 0 aromatic heterocycles. The number of hydrogen-bond acceptors (Lipinski definition) is 2. The molecule has 2 nitrogen and oxygen atoms in total. The van der Waals surface area contributed by atoms with E-state index in [2.05, 4.69) is 11.8 Å². The molecule has 114 valence electrons. The Morgan fingerprint density at radius 1 is 0.591 bits per heavy atom. The first-order valence-corrected chi connectivity index (χ1v) is 7.58. The molecule has 0 fully saturated rings. The van der Waals surface area contributed by atoms with E-state index in [1.54, 1.807) is 0 Å². The van der Waals surface area contributed by atoms with Crippen LogP contribution in [0.15, 0.2) is 48.5 Å². The number of benzene rings is 2. The standard InChI is InChI=1S/C20H22O2/c1-15(2)21-19-11-7-17(8-12-19)5-6-18-9-13-20(14-10-18)22-16(3)4/h7-16H,1-4H3. The second-order valence-corrected chi connectivity index (χ2v) is 5.63. The van der Waals surface area contributed by atoms with Crippen molar-refractivity contribution < 1.29 is 9.47 Å². The van der Waals surface area contributed by atoms with Gasteiger partial charge in [0.25, 0.3) is 0 Å². The molecule has 0 atom stereocenters. The van der Waals surface area contributed by atoms with Crippen LogP contribution < -0.4 is 9.47 Å². The summed E-state index contributed by atoms with van der Waals surface area (Å²) in [4.78, 5) is 0. The quantitative estimate of drug-likeness (QED) is 0.763. The molecule has 22 heavy (non-hydrogen) atoms. The van der Waals surface area contributed by atoms with Crippen molar-refractivity contribution in [2.24, 2.45) is 0 Å². The van der Waals surface area contributed by atoms with Gasteiger partial charge in [-0.1, -0.05) is 11.8 Å². The Balaban J connectivity index is 2.03. The van der Waals surface area contributed by atoms with E-state index in [0.717, 1.165) is 22.6 Å². The highest BCUT2D eigenvalue weighted by Crippen LogP contribution is 2.15. The largest absolute Gasteiger partial charge is 0.491 e. The van der Waals surface area contributed by atoms with Crippen LogP contribution in [0.3, 0.4) is 0 Å². The Morgan fingerprint density at radius 3 is 1.18 bits per heavy atom. The van der Waals surface area contributed by atoms with Crippen LogP contribution in [0, 0.1) is 11.8 Å². The van der Waals surface area contributed by atoms with Crippen LogP contribution in [0.2, 0.25) is 0 Å². The summed E-state index contributed by atoms with van der Waals surface area (Å²) >= 11 is 0. The summed E-state index contributed by atoms with van der Waals surface area (Å²) in [6.45, 7) is 8.06.